The van der Waals surface area contributed by atoms with Crippen LogP contribution in [0.1, 0.15) is 19.4 Å². The van der Waals surface area contributed by atoms with E-state index in [1.54, 1.807) is 13.3 Å². The van der Waals surface area contributed by atoms with Crippen molar-refractivity contribution in [3.63, 3.8) is 0 Å². The van der Waals surface area contributed by atoms with E-state index in [1.165, 1.54) is 5.56 Å². The molecule has 1 aromatic heterocycles. The molecule has 0 spiro atoms. The minimum Gasteiger partial charge on any atom is -0.497 e. The second kappa shape index (κ2) is 7.53. The smallest absolute Gasteiger partial charge is 0.213 e. The van der Waals surface area contributed by atoms with Gasteiger partial charge in [0, 0.05) is 12.1 Å². The molecule has 1 heterocycles. The van der Waals surface area contributed by atoms with E-state index >= 15 is 0 Å². The van der Waals surface area contributed by atoms with Crippen molar-refractivity contribution in [3.05, 3.63) is 48.2 Å². The molecule has 2 rings (SSSR count). The summed E-state index contributed by atoms with van der Waals surface area (Å²) >= 11 is 0. The first-order valence-corrected chi connectivity index (χ1v) is 7.19. The molecule has 0 saturated carbocycles. The molecule has 0 amide bonds. The van der Waals surface area contributed by atoms with Gasteiger partial charge in [0.25, 0.3) is 0 Å². The lowest BCUT2D eigenvalue weighted by Gasteiger charge is -2.15. The maximum Gasteiger partial charge on any atom is 0.213 e. The van der Waals surface area contributed by atoms with Crippen LogP contribution in [-0.4, -0.2) is 24.7 Å². The van der Waals surface area contributed by atoms with E-state index in [4.69, 9.17) is 9.47 Å². The number of nitrogens with zero attached hydrogens (tertiary/aromatic N) is 1. The molecule has 0 aliphatic carbocycles. The van der Waals surface area contributed by atoms with E-state index in [0.717, 1.165) is 17.9 Å². The topological polar surface area (TPSA) is 43.4 Å². The van der Waals surface area contributed by atoms with Crippen LogP contribution in [0.15, 0.2) is 42.6 Å². The van der Waals surface area contributed by atoms with Crippen LogP contribution in [0.3, 0.4) is 0 Å². The summed E-state index contributed by atoms with van der Waals surface area (Å²) in [6.45, 7) is 4.74. The molecule has 0 fully saturated rings. The van der Waals surface area contributed by atoms with Gasteiger partial charge in [0.1, 0.15) is 5.75 Å². The lowest BCUT2D eigenvalue weighted by Crippen LogP contribution is -2.18. The molecule has 1 unspecified atom stereocenters. The van der Waals surface area contributed by atoms with Crippen LogP contribution >= 0.6 is 0 Å². The van der Waals surface area contributed by atoms with Crippen LogP contribution in [0.25, 0.3) is 0 Å². The van der Waals surface area contributed by atoms with Crippen molar-refractivity contribution >= 4 is 5.69 Å². The Kier molecular flexibility index (Phi) is 5.43. The summed E-state index contributed by atoms with van der Waals surface area (Å²) in [5.41, 5.74) is 2.27. The van der Waals surface area contributed by atoms with E-state index in [2.05, 4.69) is 29.4 Å². The molecule has 4 nitrogen and oxygen atoms in total. The Morgan fingerprint density at radius 2 is 1.90 bits per heavy atom. The summed E-state index contributed by atoms with van der Waals surface area (Å²) in [6, 6.07) is 12.3. The summed E-state index contributed by atoms with van der Waals surface area (Å²) in [6.07, 6.45) is 2.74. The Labute approximate surface area is 126 Å². The third-order valence-corrected chi connectivity index (χ3v) is 3.14. The highest BCUT2D eigenvalue weighted by molar-refractivity contribution is 5.43. The van der Waals surface area contributed by atoms with Crippen LogP contribution in [0.4, 0.5) is 5.69 Å². The van der Waals surface area contributed by atoms with Gasteiger partial charge in [0.2, 0.25) is 5.88 Å². The highest BCUT2D eigenvalue weighted by atomic mass is 16.5. The Bertz CT molecular complexity index is 538. The zero-order chi connectivity index (χ0) is 15.1. The molecule has 21 heavy (non-hydrogen) atoms. The second-order valence-electron chi connectivity index (χ2n) is 4.92. The Hall–Kier alpha value is -2.23. The Balaban J connectivity index is 1.89. The van der Waals surface area contributed by atoms with Crippen molar-refractivity contribution in [1.82, 2.24) is 4.98 Å². The largest absolute Gasteiger partial charge is 0.497 e. The lowest BCUT2D eigenvalue weighted by atomic mass is 10.1. The third kappa shape index (κ3) is 4.67. The summed E-state index contributed by atoms with van der Waals surface area (Å²) in [5.74, 6) is 1.54. The van der Waals surface area contributed by atoms with Gasteiger partial charge in [-0.15, -0.1) is 0 Å². The zero-order valence-electron chi connectivity index (χ0n) is 12.8. The van der Waals surface area contributed by atoms with Crippen molar-refractivity contribution < 1.29 is 9.47 Å². The van der Waals surface area contributed by atoms with Crippen molar-refractivity contribution in [3.8, 4) is 11.6 Å². The van der Waals surface area contributed by atoms with Gasteiger partial charge >= 0.3 is 0 Å². The van der Waals surface area contributed by atoms with Crippen molar-refractivity contribution in [1.29, 1.82) is 0 Å². The van der Waals surface area contributed by atoms with Gasteiger partial charge in [-0.05, 0) is 44.0 Å². The second-order valence-corrected chi connectivity index (χ2v) is 4.92. The van der Waals surface area contributed by atoms with E-state index in [9.17, 15) is 0 Å². The van der Waals surface area contributed by atoms with Crippen molar-refractivity contribution in [2.75, 3.05) is 19.0 Å². The van der Waals surface area contributed by atoms with Crippen molar-refractivity contribution in [2.45, 2.75) is 26.3 Å². The van der Waals surface area contributed by atoms with Gasteiger partial charge in [0.05, 0.1) is 25.6 Å². The SMILES string of the molecule is CCOc1ccc(NC(C)Cc2ccc(OC)cc2)cn1. The number of pyridine rings is 1. The van der Waals surface area contributed by atoms with Gasteiger partial charge in [-0.1, -0.05) is 12.1 Å². The Morgan fingerprint density at radius 3 is 2.48 bits per heavy atom. The van der Waals surface area contributed by atoms with Crippen LogP contribution in [-0.2, 0) is 6.42 Å². The average molecular weight is 286 g/mol. The van der Waals surface area contributed by atoms with Gasteiger partial charge in [-0.3, -0.25) is 0 Å². The van der Waals surface area contributed by atoms with Gasteiger partial charge in [0.15, 0.2) is 0 Å². The molecule has 0 aliphatic rings. The molecular weight excluding hydrogens is 264 g/mol. The lowest BCUT2D eigenvalue weighted by molar-refractivity contribution is 0.327. The fraction of sp³-hybridized carbons (Fsp3) is 0.353. The quantitative estimate of drug-likeness (QED) is 0.845. The first-order valence-electron chi connectivity index (χ1n) is 7.19. The third-order valence-electron chi connectivity index (χ3n) is 3.14. The minimum absolute atomic E-state index is 0.318. The first-order chi connectivity index (χ1) is 10.2. The maximum absolute atomic E-state index is 5.33. The van der Waals surface area contributed by atoms with Crippen LogP contribution in [0.2, 0.25) is 0 Å². The fourth-order valence-electron chi connectivity index (χ4n) is 2.15. The highest BCUT2D eigenvalue weighted by Gasteiger charge is 2.05. The standard InChI is InChI=1S/C17H22N2O2/c1-4-21-17-10-7-15(12-18-17)19-13(2)11-14-5-8-16(20-3)9-6-14/h5-10,12-13,19H,4,11H2,1-3H3. The number of ether oxygens (including phenoxy) is 2. The summed E-state index contributed by atoms with van der Waals surface area (Å²) in [4.78, 5) is 4.25. The number of benzene rings is 1. The average Bonchev–Trinajstić information content (AvgIpc) is 2.50. The molecule has 112 valence electrons. The normalized spacial score (nSPS) is 11.8. The molecule has 1 N–H and O–H groups in total. The minimum atomic E-state index is 0.318. The van der Waals surface area contributed by atoms with Gasteiger partial charge < -0.3 is 14.8 Å². The number of methoxy groups -OCH3 is 1. The van der Waals surface area contributed by atoms with E-state index in [0.29, 0.717) is 18.5 Å². The molecule has 0 bridgehead atoms. The molecular formula is C17H22N2O2. The number of aromatic nitrogens is 1. The van der Waals surface area contributed by atoms with Crippen LogP contribution in [0.5, 0.6) is 11.6 Å². The van der Waals surface area contributed by atoms with Crippen molar-refractivity contribution in [2.24, 2.45) is 0 Å². The molecule has 2 aromatic rings. The number of hydrogen-bond donors (Lipinski definition) is 1. The first kappa shape index (κ1) is 15.2. The van der Waals surface area contributed by atoms with Crippen LogP contribution in [0, 0.1) is 0 Å². The van der Waals surface area contributed by atoms with E-state index in [1.807, 2.05) is 31.2 Å². The predicted molar refractivity (Wildman–Crippen MR) is 85.2 cm³/mol. The van der Waals surface area contributed by atoms with E-state index in [-0.39, 0.29) is 0 Å². The predicted octanol–water partition coefficient (Wildman–Crippen LogP) is 3.53. The molecule has 4 heteroatoms. The molecule has 0 aliphatic heterocycles. The monoisotopic (exact) mass is 286 g/mol. The zero-order valence-corrected chi connectivity index (χ0v) is 12.8. The number of anilines is 1. The van der Waals surface area contributed by atoms with Crippen LogP contribution < -0.4 is 14.8 Å². The summed E-state index contributed by atoms with van der Waals surface area (Å²) in [5, 5.41) is 3.44. The number of nitrogens with one attached hydrogen (secondary N) is 1. The van der Waals surface area contributed by atoms with Gasteiger partial charge in [-0.25, -0.2) is 4.98 Å². The number of hydrogen-bond acceptors (Lipinski definition) is 4. The molecule has 0 saturated heterocycles. The molecule has 1 aromatic carbocycles. The van der Waals surface area contributed by atoms with Gasteiger partial charge in [-0.2, -0.15) is 0 Å². The molecule has 0 radical (unpaired) electrons. The maximum atomic E-state index is 5.33. The summed E-state index contributed by atoms with van der Waals surface area (Å²) < 4.78 is 10.5. The Morgan fingerprint density at radius 1 is 1.14 bits per heavy atom. The van der Waals surface area contributed by atoms with E-state index < -0.39 is 0 Å². The fourth-order valence-corrected chi connectivity index (χ4v) is 2.15. The summed E-state index contributed by atoms with van der Waals surface area (Å²) in [7, 11) is 1.68. The molecule has 1 atom stereocenters. The highest BCUT2D eigenvalue weighted by Crippen LogP contribution is 2.16. The number of rotatable bonds is 7.